The molecule has 0 aromatic heterocycles. The fourth-order valence-electron chi connectivity index (χ4n) is 2.57. The average molecular weight is 324 g/mol. The molecule has 0 spiro atoms. The third-order valence-electron chi connectivity index (χ3n) is 3.78. The summed E-state index contributed by atoms with van der Waals surface area (Å²) in [6.07, 6.45) is 4.41. The molecule has 0 amide bonds. The van der Waals surface area contributed by atoms with E-state index in [1.165, 1.54) is 25.0 Å². The van der Waals surface area contributed by atoms with Crippen LogP contribution in [0.3, 0.4) is 0 Å². The lowest BCUT2D eigenvalue weighted by atomic mass is 10.0. The van der Waals surface area contributed by atoms with Gasteiger partial charge in [0.1, 0.15) is 23.2 Å². The van der Waals surface area contributed by atoms with E-state index in [9.17, 15) is 4.79 Å². The standard InChI is InChI=1S/C17H24O4S/c1-4-5-6-8-22-9-7-14-13-10-12(19-2)11-15(20-3)16(13)17(18)21-14/h10-11,14H,4-9H2,1-3H3. The normalized spacial score (nSPS) is 16.3. The molecule has 0 N–H and O–H groups in total. The number of cyclic esters (lactones) is 1. The number of ether oxygens (including phenoxy) is 3. The molecule has 0 saturated heterocycles. The number of unbranched alkanes of at least 4 members (excludes halogenated alkanes) is 2. The fraction of sp³-hybridized carbons (Fsp3) is 0.588. The predicted octanol–water partition coefficient (Wildman–Crippen LogP) is 4.23. The minimum Gasteiger partial charge on any atom is -0.497 e. The molecule has 1 aliphatic rings. The fourth-order valence-corrected chi connectivity index (χ4v) is 3.57. The van der Waals surface area contributed by atoms with Gasteiger partial charge >= 0.3 is 5.97 Å². The molecule has 0 fully saturated rings. The Morgan fingerprint density at radius 1 is 1.18 bits per heavy atom. The highest BCUT2D eigenvalue weighted by Crippen LogP contribution is 2.41. The van der Waals surface area contributed by atoms with E-state index >= 15 is 0 Å². The van der Waals surface area contributed by atoms with Crippen LogP contribution >= 0.6 is 11.8 Å². The molecule has 1 aromatic carbocycles. The van der Waals surface area contributed by atoms with Gasteiger partial charge in [-0.05, 0) is 30.4 Å². The van der Waals surface area contributed by atoms with E-state index in [4.69, 9.17) is 14.2 Å². The van der Waals surface area contributed by atoms with Crippen molar-refractivity contribution in [1.82, 2.24) is 0 Å². The van der Waals surface area contributed by atoms with Gasteiger partial charge in [-0.15, -0.1) is 0 Å². The number of rotatable bonds is 9. The van der Waals surface area contributed by atoms with Gasteiger partial charge in [-0.25, -0.2) is 4.79 Å². The van der Waals surface area contributed by atoms with Crippen LogP contribution in [0.2, 0.25) is 0 Å². The Morgan fingerprint density at radius 2 is 2.00 bits per heavy atom. The lowest BCUT2D eigenvalue weighted by molar-refractivity contribution is 0.0379. The molecule has 5 heteroatoms. The van der Waals surface area contributed by atoms with E-state index in [2.05, 4.69) is 6.92 Å². The van der Waals surface area contributed by atoms with Crippen LogP contribution < -0.4 is 9.47 Å². The van der Waals surface area contributed by atoms with Crippen LogP contribution in [0.4, 0.5) is 0 Å². The van der Waals surface area contributed by atoms with E-state index in [0.29, 0.717) is 17.1 Å². The number of carbonyl (C=O) groups is 1. The summed E-state index contributed by atoms with van der Waals surface area (Å²) in [4.78, 5) is 12.1. The van der Waals surface area contributed by atoms with Gasteiger partial charge in [0, 0.05) is 11.6 Å². The monoisotopic (exact) mass is 324 g/mol. The molecule has 1 atom stereocenters. The first-order valence-corrected chi connectivity index (χ1v) is 8.91. The number of methoxy groups -OCH3 is 2. The van der Waals surface area contributed by atoms with Gasteiger partial charge in [0.25, 0.3) is 0 Å². The number of carbonyl (C=O) groups excluding carboxylic acids is 1. The number of hydrogen-bond acceptors (Lipinski definition) is 5. The van der Waals surface area contributed by atoms with Crippen molar-refractivity contribution in [3.63, 3.8) is 0 Å². The van der Waals surface area contributed by atoms with E-state index in [0.717, 1.165) is 17.7 Å². The minimum absolute atomic E-state index is 0.190. The molecule has 22 heavy (non-hydrogen) atoms. The number of benzene rings is 1. The Morgan fingerprint density at radius 3 is 2.68 bits per heavy atom. The first-order valence-electron chi connectivity index (χ1n) is 7.75. The van der Waals surface area contributed by atoms with Gasteiger partial charge in [0.2, 0.25) is 0 Å². The summed E-state index contributed by atoms with van der Waals surface area (Å²) >= 11 is 1.92. The second kappa shape index (κ2) is 8.32. The Hall–Kier alpha value is -1.36. The van der Waals surface area contributed by atoms with Crippen LogP contribution in [0.15, 0.2) is 12.1 Å². The SMILES string of the molecule is CCCCCSCCC1OC(=O)c2c(OC)cc(OC)cc21. The molecule has 1 aromatic rings. The summed E-state index contributed by atoms with van der Waals surface area (Å²) in [6.45, 7) is 2.21. The molecule has 122 valence electrons. The topological polar surface area (TPSA) is 44.8 Å². The van der Waals surface area contributed by atoms with Gasteiger partial charge in [-0.1, -0.05) is 19.8 Å². The van der Waals surface area contributed by atoms with Gasteiger partial charge in [-0.2, -0.15) is 11.8 Å². The quantitative estimate of drug-likeness (QED) is 0.502. The molecule has 1 heterocycles. The van der Waals surface area contributed by atoms with Crippen molar-refractivity contribution in [3.05, 3.63) is 23.3 Å². The van der Waals surface area contributed by atoms with Crippen molar-refractivity contribution in [2.45, 2.75) is 38.7 Å². The smallest absolute Gasteiger partial charge is 0.342 e. The molecule has 0 radical (unpaired) electrons. The van der Waals surface area contributed by atoms with Gasteiger partial charge in [-0.3, -0.25) is 0 Å². The first kappa shape index (κ1) is 17.0. The summed E-state index contributed by atoms with van der Waals surface area (Å²) in [5.74, 6) is 3.08. The number of esters is 1. The molecule has 0 aliphatic carbocycles. The van der Waals surface area contributed by atoms with Crippen LogP contribution in [0.1, 0.15) is 54.6 Å². The van der Waals surface area contributed by atoms with Crippen LogP contribution in [0.25, 0.3) is 0 Å². The highest BCUT2D eigenvalue weighted by atomic mass is 32.2. The van der Waals surface area contributed by atoms with E-state index in [-0.39, 0.29) is 12.1 Å². The van der Waals surface area contributed by atoms with E-state index < -0.39 is 0 Å². The first-order chi connectivity index (χ1) is 10.7. The maximum absolute atomic E-state index is 12.1. The lowest BCUT2D eigenvalue weighted by Crippen LogP contribution is -2.00. The largest absolute Gasteiger partial charge is 0.497 e. The summed E-state index contributed by atoms with van der Waals surface area (Å²) in [6, 6.07) is 3.61. The highest BCUT2D eigenvalue weighted by Gasteiger charge is 2.34. The Labute approximate surface area is 136 Å². The van der Waals surface area contributed by atoms with Crippen LogP contribution in [-0.4, -0.2) is 31.7 Å². The Bertz CT molecular complexity index is 516. The maximum atomic E-state index is 12.1. The summed E-state index contributed by atoms with van der Waals surface area (Å²) in [5, 5.41) is 0. The number of thioether (sulfide) groups is 1. The van der Waals surface area contributed by atoms with Crippen LogP contribution in [0.5, 0.6) is 11.5 Å². The third-order valence-corrected chi connectivity index (χ3v) is 4.88. The molecule has 4 nitrogen and oxygen atoms in total. The second-order valence-corrected chi connectivity index (χ2v) is 6.52. The highest BCUT2D eigenvalue weighted by molar-refractivity contribution is 7.99. The van der Waals surface area contributed by atoms with Crippen molar-refractivity contribution in [3.8, 4) is 11.5 Å². The summed E-state index contributed by atoms with van der Waals surface area (Å²) in [7, 11) is 3.16. The van der Waals surface area contributed by atoms with Crippen LogP contribution in [-0.2, 0) is 4.74 Å². The molecule has 1 unspecified atom stereocenters. The number of fused-ring (bicyclic) bond motifs is 1. The minimum atomic E-state index is -0.296. The molecule has 0 bridgehead atoms. The number of hydrogen-bond donors (Lipinski definition) is 0. The molecule has 2 rings (SSSR count). The molecular weight excluding hydrogens is 300 g/mol. The average Bonchev–Trinajstić information content (AvgIpc) is 2.86. The van der Waals surface area contributed by atoms with Crippen molar-refractivity contribution < 1.29 is 19.0 Å². The van der Waals surface area contributed by atoms with Crippen molar-refractivity contribution in [2.75, 3.05) is 25.7 Å². The maximum Gasteiger partial charge on any atom is 0.342 e. The van der Waals surface area contributed by atoms with Crippen molar-refractivity contribution in [2.24, 2.45) is 0 Å². The van der Waals surface area contributed by atoms with Gasteiger partial charge < -0.3 is 14.2 Å². The van der Waals surface area contributed by atoms with Gasteiger partial charge in [0.15, 0.2) is 0 Å². The second-order valence-electron chi connectivity index (χ2n) is 5.30. The predicted molar refractivity (Wildman–Crippen MR) is 89.2 cm³/mol. The molecule has 1 aliphatic heterocycles. The summed E-state index contributed by atoms with van der Waals surface area (Å²) in [5.41, 5.74) is 1.43. The molecule has 0 saturated carbocycles. The van der Waals surface area contributed by atoms with Crippen molar-refractivity contribution in [1.29, 1.82) is 0 Å². The van der Waals surface area contributed by atoms with E-state index in [1.807, 2.05) is 17.8 Å². The van der Waals surface area contributed by atoms with Gasteiger partial charge in [0.05, 0.1) is 14.2 Å². The summed E-state index contributed by atoms with van der Waals surface area (Å²) < 4.78 is 16.1. The zero-order valence-corrected chi connectivity index (χ0v) is 14.3. The van der Waals surface area contributed by atoms with Crippen molar-refractivity contribution >= 4 is 17.7 Å². The Kier molecular flexibility index (Phi) is 6.43. The zero-order valence-electron chi connectivity index (χ0n) is 13.5. The Balaban J connectivity index is 2.01. The van der Waals surface area contributed by atoms with Crippen LogP contribution in [0, 0.1) is 0 Å². The molecular formula is C17H24O4S. The van der Waals surface area contributed by atoms with E-state index in [1.54, 1.807) is 20.3 Å². The lowest BCUT2D eigenvalue weighted by Gasteiger charge is -2.12. The zero-order chi connectivity index (χ0) is 15.9. The third kappa shape index (κ3) is 3.88.